The molecule has 2 aromatic rings. The number of carbonyl (C=O) groups excluding carboxylic acids is 1. The largest absolute Gasteiger partial charge is 0.274 e. The van der Waals surface area contributed by atoms with Crippen LogP contribution in [0.1, 0.15) is 19.4 Å². The molecule has 0 radical (unpaired) electrons. The standard InChI is InChI=1S/C14H14N2O/c1-10(15-16-11(2)17)13-8-7-12-5-3-4-6-14(12)9-13/h3-9H,1-2H3,(H,16,17)/b15-10+. The minimum atomic E-state index is -0.162. The van der Waals surface area contributed by atoms with Crippen molar-refractivity contribution in [3.8, 4) is 0 Å². The number of hydrogen-bond acceptors (Lipinski definition) is 2. The van der Waals surface area contributed by atoms with Crippen LogP contribution in [0, 0.1) is 0 Å². The number of hydrogen-bond donors (Lipinski definition) is 1. The van der Waals surface area contributed by atoms with Crippen LogP contribution in [0.25, 0.3) is 10.8 Å². The highest BCUT2D eigenvalue weighted by Gasteiger charge is 1.99. The summed E-state index contributed by atoms with van der Waals surface area (Å²) in [7, 11) is 0. The molecule has 0 saturated carbocycles. The Morgan fingerprint density at radius 2 is 1.76 bits per heavy atom. The first-order chi connectivity index (χ1) is 8.16. The van der Waals surface area contributed by atoms with Crippen molar-refractivity contribution < 1.29 is 4.79 Å². The molecule has 0 atom stereocenters. The highest BCUT2D eigenvalue weighted by molar-refractivity contribution is 6.02. The molecule has 0 aliphatic heterocycles. The van der Waals surface area contributed by atoms with E-state index in [1.165, 1.54) is 17.7 Å². The second kappa shape index (κ2) is 4.78. The second-order valence-electron chi connectivity index (χ2n) is 3.93. The molecule has 1 amide bonds. The first-order valence-electron chi connectivity index (χ1n) is 5.47. The third kappa shape index (κ3) is 2.69. The molecule has 3 nitrogen and oxygen atoms in total. The molecular weight excluding hydrogens is 212 g/mol. The molecule has 0 fully saturated rings. The number of amides is 1. The van der Waals surface area contributed by atoms with Crippen LogP contribution in [0.4, 0.5) is 0 Å². The number of nitrogens with one attached hydrogen (secondary N) is 1. The summed E-state index contributed by atoms with van der Waals surface area (Å²) >= 11 is 0. The van der Waals surface area contributed by atoms with Gasteiger partial charge in [0.25, 0.3) is 0 Å². The van der Waals surface area contributed by atoms with E-state index in [-0.39, 0.29) is 5.91 Å². The van der Waals surface area contributed by atoms with Gasteiger partial charge in [0.05, 0.1) is 5.71 Å². The minimum absolute atomic E-state index is 0.162. The van der Waals surface area contributed by atoms with Gasteiger partial charge in [-0.1, -0.05) is 36.4 Å². The van der Waals surface area contributed by atoms with Crippen LogP contribution in [-0.4, -0.2) is 11.6 Å². The summed E-state index contributed by atoms with van der Waals surface area (Å²) in [5.41, 5.74) is 4.25. The van der Waals surface area contributed by atoms with Crippen LogP contribution in [0.3, 0.4) is 0 Å². The number of rotatable bonds is 2. The van der Waals surface area contributed by atoms with Gasteiger partial charge in [-0.25, -0.2) is 5.43 Å². The minimum Gasteiger partial charge on any atom is -0.274 e. The van der Waals surface area contributed by atoms with E-state index in [0.29, 0.717) is 0 Å². The predicted molar refractivity (Wildman–Crippen MR) is 70.0 cm³/mol. The lowest BCUT2D eigenvalue weighted by Crippen LogP contribution is -2.14. The van der Waals surface area contributed by atoms with E-state index in [1.54, 1.807) is 0 Å². The molecule has 17 heavy (non-hydrogen) atoms. The molecule has 1 N–H and O–H groups in total. The average molecular weight is 226 g/mol. The molecule has 0 aliphatic rings. The van der Waals surface area contributed by atoms with Gasteiger partial charge >= 0.3 is 0 Å². The zero-order valence-electron chi connectivity index (χ0n) is 9.90. The lowest BCUT2D eigenvalue weighted by atomic mass is 10.0. The van der Waals surface area contributed by atoms with Gasteiger partial charge in [0.1, 0.15) is 0 Å². The fourth-order valence-corrected chi connectivity index (χ4v) is 1.64. The number of nitrogens with zero attached hydrogens (tertiary/aromatic N) is 1. The maximum atomic E-state index is 10.8. The Kier molecular flexibility index (Phi) is 3.19. The van der Waals surface area contributed by atoms with E-state index in [2.05, 4.69) is 34.8 Å². The van der Waals surface area contributed by atoms with Gasteiger partial charge in [-0.15, -0.1) is 0 Å². The Morgan fingerprint density at radius 1 is 1.06 bits per heavy atom. The van der Waals surface area contributed by atoms with Crippen LogP contribution in [0.5, 0.6) is 0 Å². The summed E-state index contributed by atoms with van der Waals surface area (Å²) in [4.78, 5) is 10.8. The Balaban J connectivity index is 2.36. The van der Waals surface area contributed by atoms with Crippen molar-refractivity contribution in [2.24, 2.45) is 5.10 Å². The Morgan fingerprint density at radius 3 is 2.47 bits per heavy atom. The summed E-state index contributed by atoms with van der Waals surface area (Å²) in [5.74, 6) is -0.162. The van der Waals surface area contributed by atoms with E-state index >= 15 is 0 Å². The Bertz CT molecular complexity index is 588. The van der Waals surface area contributed by atoms with Crippen molar-refractivity contribution in [2.75, 3.05) is 0 Å². The van der Waals surface area contributed by atoms with Crippen LogP contribution < -0.4 is 5.43 Å². The monoisotopic (exact) mass is 226 g/mol. The van der Waals surface area contributed by atoms with Crippen LogP contribution in [0.15, 0.2) is 47.6 Å². The van der Waals surface area contributed by atoms with E-state index < -0.39 is 0 Å². The quantitative estimate of drug-likeness (QED) is 0.620. The van der Waals surface area contributed by atoms with Gasteiger partial charge in [0, 0.05) is 6.92 Å². The highest BCUT2D eigenvalue weighted by Crippen LogP contribution is 2.15. The van der Waals surface area contributed by atoms with E-state index in [1.807, 2.05) is 25.1 Å². The number of hydrazone groups is 1. The van der Waals surface area contributed by atoms with Crippen molar-refractivity contribution in [2.45, 2.75) is 13.8 Å². The van der Waals surface area contributed by atoms with Crippen molar-refractivity contribution in [1.82, 2.24) is 5.43 Å². The van der Waals surface area contributed by atoms with Crippen LogP contribution in [0.2, 0.25) is 0 Å². The van der Waals surface area contributed by atoms with Crippen molar-refractivity contribution in [3.63, 3.8) is 0 Å². The molecule has 0 saturated heterocycles. The van der Waals surface area contributed by atoms with Gasteiger partial charge < -0.3 is 0 Å². The summed E-state index contributed by atoms with van der Waals surface area (Å²) in [6, 6.07) is 14.3. The Hall–Kier alpha value is -2.16. The van der Waals surface area contributed by atoms with Crippen LogP contribution >= 0.6 is 0 Å². The van der Waals surface area contributed by atoms with Gasteiger partial charge in [0.2, 0.25) is 5.91 Å². The lowest BCUT2D eigenvalue weighted by Gasteiger charge is -2.03. The molecule has 3 heteroatoms. The zero-order valence-corrected chi connectivity index (χ0v) is 9.90. The van der Waals surface area contributed by atoms with E-state index in [4.69, 9.17) is 0 Å². The summed E-state index contributed by atoms with van der Waals surface area (Å²) < 4.78 is 0. The number of carbonyl (C=O) groups is 1. The molecule has 2 aromatic carbocycles. The molecule has 2 rings (SSSR count). The molecular formula is C14H14N2O. The molecule has 0 heterocycles. The maximum absolute atomic E-state index is 10.8. The lowest BCUT2D eigenvalue weighted by molar-refractivity contribution is -0.118. The number of fused-ring (bicyclic) bond motifs is 1. The van der Waals surface area contributed by atoms with E-state index in [0.717, 1.165) is 11.3 Å². The molecule has 0 unspecified atom stereocenters. The topological polar surface area (TPSA) is 41.5 Å². The fourth-order valence-electron chi connectivity index (χ4n) is 1.64. The van der Waals surface area contributed by atoms with E-state index in [9.17, 15) is 4.79 Å². The molecule has 0 aliphatic carbocycles. The third-order valence-electron chi connectivity index (χ3n) is 2.55. The van der Waals surface area contributed by atoms with Crippen molar-refractivity contribution in [3.05, 3.63) is 48.0 Å². The summed E-state index contributed by atoms with van der Waals surface area (Å²) in [6.07, 6.45) is 0. The normalized spacial score (nSPS) is 11.5. The van der Waals surface area contributed by atoms with Gasteiger partial charge in [-0.3, -0.25) is 4.79 Å². The average Bonchev–Trinajstić information content (AvgIpc) is 2.35. The fraction of sp³-hybridized carbons (Fsp3) is 0.143. The van der Waals surface area contributed by atoms with Gasteiger partial charge in [0.15, 0.2) is 0 Å². The Labute approximate surface area is 100 Å². The van der Waals surface area contributed by atoms with Crippen molar-refractivity contribution in [1.29, 1.82) is 0 Å². The number of benzene rings is 2. The molecule has 0 spiro atoms. The predicted octanol–water partition coefficient (Wildman–Crippen LogP) is 2.70. The third-order valence-corrected chi connectivity index (χ3v) is 2.55. The van der Waals surface area contributed by atoms with Crippen molar-refractivity contribution >= 4 is 22.4 Å². The molecule has 0 bridgehead atoms. The maximum Gasteiger partial charge on any atom is 0.236 e. The first-order valence-corrected chi connectivity index (χ1v) is 5.47. The first kappa shape index (κ1) is 11.3. The SMILES string of the molecule is CC(=O)N/N=C(\C)c1ccc2ccccc2c1. The zero-order chi connectivity index (χ0) is 12.3. The summed E-state index contributed by atoms with van der Waals surface area (Å²) in [6.45, 7) is 3.32. The highest BCUT2D eigenvalue weighted by atomic mass is 16.2. The molecule has 86 valence electrons. The van der Waals surface area contributed by atoms with Crippen LogP contribution in [-0.2, 0) is 4.79 Å². The molecule has 0 aromatic heterocycles. The second-order valence-corrected chi connectivity index (χ2v) is 3.93. The smallest absolute Gasteiger partial charge is 0.236 e. The van der Waals surface area contributed by atoms with Gasteiger partial charge in [-0.2, -0.15) is 5.10 Å². The van der Waals surface area contributed by atoms with Gasteiger partial charge in [-0.05, 0) is 29.3 Å². The summed E-state index contributed by atoms with van der Waals surface area (Å²) in [5, 5.41) is 6.38.